The van der Waals surface area contributed by atoms with Crippen molar-refractivity contribution in [2.45, 2.75) is 39.3 Å². The summed E-state index contributed by atoms with van der Waals surface area (Å²) in [6.45, 7) is 5.82. The Labute approximate surface area is 103 Å². The Balaban J connectivity index is 4.16. The minimum Gasteiger partial charge on any atom is -0.319 e. The van der Waals surface area contributed by atoms with Gasteiger partial charge >= 0.3 is 6.18 Å². The molecule has 0 aromatic carbocycles. The standard InChI is InChI=1S/C12H25F3N2/c1-5-6-11(2,9-16-3)10-17(4)8-7-12(13,14)15/h16H,5-10H2,1-4H3. The molecular weight excluding hydrogens is 229 g/mol. The molecule has 1 atom stereocenters. The summed E-state index contributed by atoms with van der Waals surface area (Å²) in [4.78, 5) is 1.78. The van der Waals surface area contributed by atoms with Gasteiger partial charge in [0.15, 0.2) is 0 Å². The molecule has 104 valence electrons. The van der Waals surface area contributed by atoms with Crippen LogP contribution in [0, 0.1) is 5.41 Å². The van der Waals surface area contributed by atoms with Gasteiger partial charge in [0.2, 0.25) is 0 Å². The van der Waals surface area contributed by atoms with Gasteiger partial charge in [0.1, 0.15) is 0 Å². The lowest BCUT2D eigenvalue weighted by molar-refractivity contribution is -0.138. The molecule has 0 radical (unpaired) electrons. The Morgan fingerprint density at radius 3 is 2.18 bits per heavy atom. The molecule has 0 saturated heterocycles. The summed E-state index contributed by atoms with van der Waals surface area (Å²) < 4.78 is 36.3. The lowest BCUT2D eigenvalue weighted by Crippen LogP contribution is -2.41. The van der Waals surface area contributed by atoms with Crippen LogP contribution in [0.4, 0.5) is 13.2 Å². The number of hydrogen-bond donors (Lipinski definition) is 1. The highest BCUT2D eigenvalue weighted by Gasteiger charge is 2.29. The van der Waals surface area contributed by atoms with E-state index in [1.165, 1.54) is 0 Å². The summed E-state index contributed by atoms with van der Waals surface area (Å²) in [5, 5.41) is 3.12. The van der Waals surface area contributed by atoms with E-state index in [1.807, 2.05) is 7.05 Å². The topological polar surface area (TPSA) is 15.3 Å². The van der Waals surface area contributed by atoms with Crippen LogP contribution in [-0.2, 0) is 0 Å². The van der Waals surface area contributed by atoms with Crippen LogP contribution >= 0.6 is 0 Å². The van der Waals surface area contributed by atoms with Crippen molar-refractivity contribution in [1.82, 2.24) is 10.2 Å². The summed E-state index contributed by atoms with van der Waals surface area (Å²) in [5.41, 5.74) is 0.0455. The fourth-order valence-electron chi connectivity index (χ4n) is 2.30. The van der Waals surface area contributed by atoms with Crippen LogP contribution in [0.2, 0.25) is 0 Å². The van der Waals surface area contributed by atoms with Crippen molar-refractivity contribution in [1.29, 1.82) is 0 Å². The maximum atomic E-state index is 12.1. The van der Waals surface area contributed by atoms with Crippen molar-refractivity contribution in [2.75, 3.05) is 33.7 Å². The Kier molecular flexibility index (Phi) is 7.09. The predicted octanol–water partition coefficient (Wildman–Crippen LogP) is 2.90. The van der Waals surface area contributed by atoms with Crippen molar-refractivity contribution in [2.24, 2.45) is 5.41 Å². The SMILES string of the molecule is CCCC(C)(CNC)CN(C)CCC(F)(F)F. The van der Waals surface area contributed by atoms with Gasteiger partial charge in [0.25, 0.3) is 0 Å². The molecular formula is C12H25F3N2. The highest BCUT2D eigenvalue weighted by atomic mass is 19.4. The van der Waals surface area contributed by atoms with Gasteiger partial charge in [-0.25, -0.2) is 0 Å². The highest BCUT2D eigenvalue weighted by Crippen LogP contribution is 2.25. The van der Waals surface area contributed by atoms with Gasteiger partial charge in [0, 0.05) is 19.6 Å². The van der Waals surface area contributed by atoms with Gasteiger partial charge in [-0.2, -0.15) is 13.2 Å². The summed E-state index contributed by atoms with van der Waals surface area (Å²) in [5.74, 6) is 0. The van der Waals surface area contributed by atoms with Crippen molar-refractivity contribution >= 4 is 0 Å². The third-order valence-corrected chi connectivity index (χ3v) is 2.89. The van der Waals surface area contributed by atoms with Gasteiger partial charge in [-0.15, -0.1) is 0 Å². The van der Waals surface area contributed by atoms with E-state index in [0.29, 0.717) is 6.54 Å². The van der Waals surface area contributed by atoms with Crippen LogP contribution in [0.25, 0.3) is 0 Å². The van der Waals surface area contributed by atoms with E-state index >= 15 is 0 Å². The minimum absolute atomic E-state index is 0.0455. The number of nitrogens with zero attached hydrogens (tertiary/aromatic N) is 1. The Morgan fingerprint density at radius 2 is 1.76 bits per heavy atom. The first-order valence-corrected chi connectivity index (χ1v) is 6.12. The second-order valence-electron chi connectivity index (χ2n) is 5.19. The van der Waals surface area contributed by atoms with Gasteiger partial charge < -0.3 is 10.2 Å². The van der Waals surface area contributed by atoms with Crippen LogP contribution in [0.1, 0.15) is 33.1 Å². The van der Waals surface area contributed by atoms with Gasteiger partial charge in [-0.1, -0.05) is 20.3 Å². The number of alkyl halides is 3. The second-order valence-corrected chi connectivity index (χ2v) is 5.19. The number of nitrogens with one attached hydrogen (secondary N) is 1. The monoisotopic (exact) mass is 254 g/mol. The smallest absolute Gasteiger partial charge is 0.319 e. The molecule has 17 heavy (non-hydrogen) atoms. The van der Waals surface area contributed by atoms with Crippen molar-refractivity contribution in [3.05, 3.63) is 0 Å². The molecule has 0 saturated carbocycles. The Hall–Kier alpha value is -0.290. The number of rotatable bonds is 8. The van der Waals surface area contributed by atoms with Crippen LogP contribution in [0.3, 0.4) is 0 Å². The number of halogens is 3. The zero-order valence-electron chi connectivity index (χ0n) is 11.3. The van der Waals surface area contributed by atoms with Crippen molar-refractivity contribution < 1.29 is 13.2 Å². The number of hydrogen-bond acceptors (Lipinski definition) is 2. The molecule has 0 spiro atoms. The molecule has 0 aromatic heterocycles. The fraction of sp³-hybridized carbons (Fsp3) is 1.00. The summed E-state index contributed by atoms with van der Waals surface area (Å²) in [6, 6.07) is 0. The molecule has 0 fully saturated rings. The molecule has 1 N–H and O–H groups in total. The van der Waals surface area contributed by atoms with Crippen LogP contribution < -0.4 is 5.32 Å². The van der Waals surface area contributed by atoms with E-state index < -0.39 is 12.6 Å². The van der Waals surface area contributed by atoms with E-state index in [2.05, 4.69) is 19.2 Å². The summed E-state index contributed by atoms with van der Waals surface area (Å²) in [6.07, 6.45) is -2.72. The van der Waals surface area contributed by atoms with Gasteiger partial charge in [-0.05, 0) is 25.9 Å². The molecule has 0 heterocycles. The molecule has 1 unspecified atom stereocenters. The maximum absolute atomic E-state index is 12.1. The largest absolute Gasteiger partial charge is 0.390 e. The molecule has 0 bridgehead atoms. The van der Waals surface area contributed by atoms with E-state index in [0.717, 1.165) is 19.4 Å². The van der Waals surface area contributed by atoms with Gasteiger partial charge in [0.05, 0.1) is 6.42 Å². The molecule has 2 nitrogen and oxygen atoms in total. The highest BCUT2D eigenvalue weighted by molar-refractivity contribution is 4.79. The first kappa shape index (κ1) is 16.7. The minimum atomic E-state index is -4.06. The van der Waals surface area contributed by atoms with E-state index in [9.17, 15) is 13.2 Å². The van der Waals surface area contributed by atoms with E-state index in [-0.39, 0.29) is 12.0 Å². The molecule has 0 rings (SSSR count). The van der Waals surface area contributed by atoms with Crippen LogP contribution in [-0.4, -0.2) is 44.8 Å². The van der Waals surface area contributed by atoms with Crippen LogP contribution in [0.15, 0.2) is 0 Å². The zero-order valence-corrected chi connectivity index (χ0v) is 11.3. The van der Waals surface area contributed by atoms with E-state index in [4.69, 9.17) is 0 Å². The normalized spacial score (nSPS) is 16.2. The van der Waals surface area contributed by atoms with E-state index in [1.54, 1.807) is 11.9 Å². The Bertz CT molecular complexity index is 198. The Morgan fingerprint density at radius 1 is 1.18 bits per heavy atom. The van der Waals surface area contributed by atoms with Crippen LogP contribution in [0.5, 0.6) is 0 Å². The average molecular weight is 254 g/mol. The summed E-state index contributed by atoms with van der Waals surface area (Å²) >= 11 is 0. The quantitative estimate of drug-likeness (QED) is 0.716. The molecule has 0 aliphatic carbocycles. The molecule has 0 aliphatic heterocycles. The zero-order chi connectivity index (χ0) is 13.5. The fourth-order valence-corrected chi connectivity index (χ4v) is 2.30. The first-order valence-electron chi connectivity index (χ1n) is 6.12. The first-order chi connectivity index (χ1) is 7.72. The molecule has 0 aliphatic rings. The molecule has 0 amide bonds. The van der Waals surface area contributed by atoms with Gasteiger partial charge in [-0.3, -0.25) is 0 Å². The van der Waals surface area contributed by atoms with Crippen molar-refractivity contribution in [3.63, 3.8) is 0 Å². The lowest BCUT2D eigenvalue weighted by atomic mass is 9.85. The lowest BCUT2D eigenvalue weighted by Gasteiger charge is -2.34. The molecule has 0 aromatic rings. The summed E-state index contributed by atoms with van der Waals surface area (Å²) in [7, 11) is 3.64. The average Bonchev–Trinajstić information content (AvgIpc) is 2.14. The third-order valence-electron chi connectivity index (χ3n) is 2.89. The third kappa shape index (κ3) is 8.44. The second kappa shape index (κ2) is 7.21. The predicted molar refractivity (Wildman–Crippen MR) is 65.1 cm³/mol. The maximum Gasteiger partial charge on any atom is 0.390 e. The van der Waals surface area contributed by atoms with Crippen molar-refractivity contribution in [3.8, 4) is 0 Å². The molecule has 5 heteroatoms.